The second kappa shape index (κ2) is 8.67. The van der Waals surface area contributed by atoms with Gasteiger partial charge in [0.05, 0.1) is 6.04 Å². The van der Waals surface area contributed by atoms with Crippen LogP contribution in [0.3, 0.4) is 0 Å². The van der Waals surface area contributed by atoms with Crippen LogP contribution in [0.4, 0.5) is 0 Å². The molecule has 19 heavy (non-hydrogen) atoms. The Morgan fingerprint density at radius 1 is 1.26 bits per heavy atom. The van der Waals surface area contributed by atoms with Gasteiger partial charge in [-0.15, -0.1) is 0 Å². The quantitative estimate of drug-likeness (QED) is 0.697. The van der Waals surface area contributed by atoms with E-state index < -0.39 is 0 Å². The van der Waals surface area contributed by atoms with Crippen molar-refractivity contribution in [3.05, 3.63) is 35.9 Å². The van der Waals surface area contributed by atoms with Crippen molar-refractivity contribution in [1.82, 2.24) is 15.5 Å². The number of carbonyl (C=O) groups excluding carboxylic acids is 1. The maximum absolute atomic E-state index is 11.7. The summed E-state index contributed by atoms with van der Waals surface area (Å²) in [5.74, 6) is 0.101. The Balaban J connectivity index is 2.45. The van der Waals surface area contributed by atoms with Gasteiger partial charge < -0.3 is 15.5 Å². The molecular formula is C15H25N3O. The molecule has 0 aliphatic carbocycles. The summed E-state index contributed by atoms with van der Waals surface area (Å²) in [4.78, 5) is 13.8. The van der Waals surface area contributed by atoms with Crippen LogP contribution in [0.15, 0.2) is 30.3 Å². The predicted molar refractivity (Wildman–Crippen MR) is 79.0 cm³/mol. The third-order valence-corrected chi connectivity index (χ3v) is 3.08. The summed E-state index contributed by atoms with van der Waals surface area (Å²) in [5, 5.41) is 6.15. The minimum absolute atomic E-state index is 0.101. The fourth-order valence-electron chi connectivity index (χ4n) is 1.95. The molecule has 1 aromatic rings. The minimum atomic E-state index is 0.101. The first-order chi connectivity index (χ1) is 9.15. The third-order valence-electron chi connectivity index (χ3n) is 3.08. The van der Waals surface area contributed by atoms with Crippen molar-refractivity contribution in [2.75, 3.05) is 33.7 Å². The zero-order chi connectivity index (χ0) is 14.1. The van der Waals surface area contributed by atoms with E-state index >= 15 is 0 Å². The van der Waals surface area contributed by atoms with E-state index in [1.807, 2.05) is 39.2 Å². The average molecular weight is 263 g/mol. The summed E-state index contributed by atoms with van der Waals surface area (Å²) in [7, 11) is 4.06. The highest BCUT2D eigenvalue weighted by Crippen LogP contribution is 2.16. The average Bonchev–Trinajstić information content (AvgIpc) is 2.40. The summed E-state index contributed by atoms with van der Waals surface area (Å²) < 4.78 is 0. The van der Waals surface area contributed by atoms with Gasteiger partial charge in [-0.2, -0.15) is 0 Å². The Labute approximate surface area is 116 Å². The van der Waals surface area contributed by atoms with Gasteiger partial charge in [-0.25, -0.2) is 0 Å². The van der Waals surface area contributed by atoms with Crippen LogP contribution < -0.4 is 10.6 Å². The number of rotatable bonds is 8. The molecule has 0 heterocycles. The molecule has 0 aromatic heterocycles. The molecule has 0 fully saturated rings. The molecule has 1 atom stereocenters. The fourth-order valence-corrected chi connectivity index (χ4v) is 1.95. The Morgan fingerprint density at radius 2 is 1.95 bits per heavy atom. The molecule has 0 saturated heterocycles. The van der Waals surface area contributed by atoms with Crippen LogP contribution in [-0.4, -0.2) is 44.5 Å². The van der Waals surface area contributed by atoms with Gasteiger partial charge in [0.1, 0.15) is 0 Å². The normalized spacial score (nSPS) is 12.4. The number of hydrogen-bond acceptors (Lipinski definition) is 3. The summed E-state index contributed by atoms with van der Waals surface area (Å²) in [5.41, 5.74) is 1.22. The number of carbonyl (C=O) groups is 1. The number of benzene rings is 1. The van der Waals surface area contributed by atoms with Gasteiger partial charge in [0, 0.05) is 19.5 Å². The van der Waals surface area contributed by atoms with Crippen LogP contribution in [0.2, 0.25) is 0 Å². The Morgan fingerprint density at radius 3 is 2.53 bits per heavy atom. The van der Waals surface area contributed by atoms with Crippen molar-refractivity contribution in [3.8, 4) is 0 Å². The van der Waals surface area contributed by atoms with E-state index in [0.717, 1.165) is 13.1 Å². The predicted octanol–water partition coefficient (Wildman–Crippen LogP) is 1.41. The van der Waals surface area contributed by atoms with Crippen LogP contribution in [0.1, 0.15) is 24.9 Å². The Hall–Kier alpha value is -1.39. The molecule has 106 valence electrons. The van der Waals surface area contributed by atoms with Gasteiger partial charge in [0.2, 0.25) is 5.91 Å². The number of likely N-dealkylation sites (N-methyl/N-ethyl adjacent to an activating group) is 1. The molecule has 0 aliphatic rings. The van der Waals surface area contributed by atoms with E-state index in [0.29, 0.717) is 13.0 Å². The smallest absolute Gasteiger partial charge is 0.221 e. The van der Waals surface area contributed by atoms with Gasteiger partial charge >= 0.3 is 0 Å². The van der Waals surface area contributed by atoms with Crippen molar-refractivity contribution in [2.24, 2.45) is 0 Å². The van der Waals surface area contributed by atoms with Crippen molar-refractivity contribution in [3.63, 3.8) is 0 Å². The van der Waals surface area contributed by atoms with Crippen LogP contribution in [0, 0.1) is 0 Å². The van der Waals surface area contributed by atoms with Crippen molar-refractivity contribution in [1.29, 1.82) is 0 Å². The third kappa shape index (κ3) is 5.85. The first kappa shape index (κ1) is 15.7. The first-order valence-corrected chi connectivity index (χ1v) is 6.84. The van der Waals surface area contributed by atoms with E-state index in [4.69, 9.17) is 0 Å². The lowest BCUT2D eigenvalue weighted by molar-refractivity contribution is -0.121. The number of nitrogens with zero attached hydrogens (tertiary/aromatic N) is 1. The maximum Gasteiger partial charge on any atom is 0.221 e. The maximum atomic E-state index is 11.7. The van der Waals surface area contributed by atoms with Gasteiger partial charge in [-0.1, -0.05) is 37.3 Å². The lowest BCUT2D eigenvalue weighted by Crippen LogP contribution is -2.35. The van der Waals surface area contributed by atoms with E-state index in [1.54, 1.807) is 0 Å². The number of nitrogens with one attached hydrogen (secondary N) is 2. The SMILES string of the molecule is CCNCCC(=O)NCC(c1ccccc1)N(C)C. The topological polar surface area (TPSA) is 44.4 Å². The van der Waals surface area contributed by atoms with E-state index in [2.05, 4.69) is 27.7 Å². The van der Waals surface area contributed by atoms with Crippen LogP contribution >= 0.6 is 0 Å². The molecule has 1 unspecified atom stereocenters. The molecule has 0 aliphatic heterocycles. The molecule has 1 rings (SSSR count). The second-order valence-electron chi connectivity index (χ2n) is 4.80. The fraction of sp³-hybridized carbons (Fsp3) is 0.533. The highest BCUT2D eigenvalue weighted by atomic mass is 16.1. The van der Waals surface area contributed by atoms with E-state index in [9.17, 15) is 4.79 Å². The lowest BCUT2D eigenvalue weighted by atomic mass is 10.1. The van der Waals surface area contributed by atoms with Gasteiger partial charge in [-0.3, -0.25) is 4.79 Å². The van der Waals surface area contributed by atoms with E-state index in [1.165, 1.54) is 5.56 Å². The van der Waals surface area contributed by atoms with Gasteiger partial charge in [0.15, 0.2) is 0 Å². The van der Waals surface area contributed by atoms with E-state index in [-0.39, 0.29) is 11.9 Å². The zero-order valence-corrected chi connectivity index (χ0v) is 12.1. The molecule has 4 nitrogen and oxygen atoms in total. The molecule has 2 N–H and O–H groups in total. The standard InChI is InChI=1S/C15H25N3O/c1-4-16-11-10-15(19)17-12-14(18(2)3)13-8-6-5-7-9-13/h5-9,14,16H,4,10-12H2,1-3H3,(H,17,19). The molecule has 0 saturated carbocycles. The Kier molecular flexibility index (Phi) is 7.15. The summed E-state index contributed by atoms with van der Waals surface area (Å²) in [6.45, 7) is 4.31. The van der Waals surface area contributed by atoms with Crippen LogP contribution in [0.5, 0.6) is 0 Å². The Bertz CT molecular complexity index is 365. The second-order valence-corrected chi connectivity index (χ2v) is 4.80. The summed E-state index contributed by atoms with van der Waals surface area (Å²) in [6, 6.07) is 10.5. The van der Waals surface area contributed by atoms with Crippen molar-refractivity contribution >= 4 is 5.91 Å². The van der Waals surface area contributed by atoms with Gasteiger partial charge in [0.25, 0.3) is 0 Å². The molecule has 0 bridgehead atoms. The van der Waals surface area contributed by atoms with Crippen molar-refractivity contribution in [2.45, 2.75) is 19.4 Å². The summed E-state index contributed by atoms with van der Waals surface area (Å²) in [6.07, 6.45) is 0.531. The zero-order valence-electron chi connectivity index (χ0n) is 12.1. The van der Waals surface area contributed by atoms with Crippen molar-refractivity contribution < 1.29 is 4.79 Å². The summed E-state index contributed by atoms with van der Waals surface area (Å²) >= 11 is 0. The molecule has 0 spiro atoms. The lowest BCUT2D eigenvalue weighted by Gasteiger charge is -2.25. The molecule has 1 aromatic carbocycles. The monoisotopic (exact) mass is 263 g/mol. The molecular weight excluding hydrogens is 238 g/mol. The largest absolute Gasteiger partial charge is 0.354 e. The molecule has 4 heteroatoms. The number of hydrogen-bond donors (Lipinski definition) is 2. The van der Waals surface area contributed by atoms with Crippen LogP contribution in [0.25, 0.3) is 0 Å². The van der Waals surface area contributed by atoms with Crippen LogP contribution in [-0.2, 0) is 4.79 Å². The number of amides is 1. The first-order valence-electron chi connectivity index (χ1n) is 6.84. The molecule has 0 radical (unpaired) electrons. The van der Waals surface area contributed by atoms with Gasteiger partial charge in [-0.05, 0) is 26.2 Å². The highest BCUT2D eigenvalue weighted by molar-refractivity contribution is 5.76. The highest BCUT2D eigenvalue weighted by Gasteiger charge is 2.14. The minimum Gasteiger partial charge on any atom is -0.354 e. The molecule has 1 amide bonds.